The van der Waals surface area contributed by atoms with Crippen molar-refractivity contribution in [1.82, 2.24) is 0 Å². The molecule has 0 unspecified atom stereocenters. The first-order valence-corrected chi connectivity index (χ1v) is 8.12. The Morgan fingerprint density at radius 3 is 2.44 bits per heavy atom. The number of benzene rings is 2. The molecule has 132 valence electrons. The number of carbonyl (C=O) groups is 2. The predicted octanol–water partition coefficient (Wildman–Crippen LogP) is 3.56. The first-order valence-electron chi connectivity index (χ1n) is 8.12. The SMILES string of the molecule is Cc1cccc(O[C@H](C)C(=O)OCC(=O)Nc2ccc(C)cc2C)c1. The number of hydrogen-bond acceptors (Lipinski definition) is 4. The van der Waals surface area contributed by atoms with Crippen LogP contribution >= 0.6 is 0 Å². The van der Waals surface area contributed by atoms with Gasteiger partial charge < -0.3 is 14.8 Å². The zero-order chi connectivity index (χ0) is 18.4. The highest BCUT2D eigenvalue weighted by atomic mass is 16.6. The summed E-state index contributed by atoms with van der Waals surface area (Å²) in [5.41, 5.74) is 3.81. The summed E-state index contributed by atoms with van der Waals surface area (Å²) in [6, 6.07) is 13.1. The van der Waals surface area contributed by atoms with Crippen LogP contribution < -0.4 is 10.1 Å². The number of ether oxygens (including phenoxy) is 2. The molecule has 0 saturated heterocycles. The van der Waals surface area contributed by atoms with Gasteiger partial charge in [-0.3, -0.25) is 4.79 Å². The van der Waals surface area contributed by atoms with Crippen LogP contribution in [0.15, 0.2) is 42.5 Å². The second-order valence-electron chi connectivity index (χ2n) is 6.05. The first kappa shape index (κ1) is 18.5. The van der Waals surface area contributed by atoms with Crippen LogP contribution in [-0.2, 0) is 14.3 Å². The van der Waals surface area contributed by atoms with Gasteiger partial charge in [-0.1, -0.05) is 29.8 Å². The molecule has 0 aliphatic heterocycles. The molecule has 1 N–H and O–H groups in total. The molecule has 0 bridgehead atoms. The number of hydrogen-bond donors (Lipinski definition) is 1. The lowest BCUT2D eigenvalue weighted by atomic mass is 10.1. The summed E-state index contributed by atoms with van der Waals surface area (Å²) in [5, 5.41) is 2.73. The van der Waals surface area contributed by atoms with Crippen LogP contribution in [-0.4, -0.2) is 24.6 Å². The average Bonchev–Trinajstić information content (AvgIpc) is 2.55. The Morgan fingerprint density at radius 1 is 1.04 bits per heavy atom. The fraction of sp³-hybridized carbons (Fsp3) is 0.300. The van der Waals surface area contributed by atoms with Crippen LogP contribution in [0.4, 0.5) is 5.69 Å². The minimum atomic E-state index is -0.796. The van der Waals surface area contributed by atoms with E-state index in [9.17, 15) is 9.59 Å². The van der Waals surface area contributed by atoms with Crippen molar-refractivity contribution in [2.75, 3.05) is 11.9 Å². The summed E-state index contributed by atoms with van der Waals surface area (Å²) in [6.07, 6.45) is -0.796. The maximum absolute atomic E-state index is 12.0. The molecule has 0 radical (unpaired) electrons. The van der Waals surface area contributed by atoms with E-state index in [4.69, 9.17) is 9.47 Å². The van der Waals surface area contributed by atoms with Crippen LogP contribution in [0.2, 0.25) is 0 Å². The largest absolute Gasteiger partial charge is 0.479 e. The van der Waals surface area contributed by atoms with E-state index in [-0.39, 0.29) is 12.5 Å². The van der Waals surface area contributed by atoms with E-state index >= 15 is 0 Å². The summed E-state index contributed by atoms with van der Waals surface area (Å²) in [5.74, 6) is -0.385. The standard InChI is InChI=1S/C20H23NO4/c1-13-6-5-7-17(11-13)25-16(4)20(23)24-12-19(22)21-18-9-8-14(2)10-15(18)3/h5-11,16H,12H2,1-4H3,(H,21,22)/t16-/m1/s1. The zero-order valence-electron chi connectivity index (χ0n) is 15.0. The Morgan fingerprint density at radius 2 is 1.76 bits per heavy atom. The number of carbonyl (C=O) groups excluding carboxylic acids is 2. The highest BCUT2D eigenvalue weighted by Gasteiger charge is 2.18. The van der Waals surface area contributed by atoms with E-state index in [1.807, 2.05) is 57.2 Å². The third-order valence-electron chi connectivity index (χ3n) is 3.64. The number of anilines is 1. The van der Waals surface area contributed by atoms with Gasteiger partial charge in [0.05, 0.1) is 0 Å². The number of nitrogens with one attached hydrogen (secondary N) is 1. The van der Waals surface area contributed by atoms with Crippen LogP contribution in [0.3, 0.4) is 0 Å². The summed E-state index contributed by atoms with van der Waals surface area (Å²) in [7, 11) is 0. The lowest BCUT2D eigenvalue weighted by molar-refractivity contribution is -0.153. The molecule has 5 heteroatoms. The Hall–Kier alpha value is -2.82. The van der Waals surface area contributed by atoms with Gasteiger partial charge in [-0.2, -0.15) is 0 Å². The van der Waals surface area contributed by atoms with Crippen LogP contribution in [0.25, 0.3) is 0 Å². The molecule has 2 aromatic carbocycles. The average molecular weight is 341 g/mol. The maximum Gasteiger partial charge on any atom is 0.347 e. The van der Waals surface area contributed by atoms with E-state index in [0.717, 1.165) is 16.7 Å². The van der Waals surface area contributed by atoms with Crippen molar-refractivity contribution < 1.29 is 19.1 Å². The quantitative estimate of drug-likeness (QED) is 0.816. The predicted molar refractivity (Wildman–Crippen MR) is 96.8 cm³/mol. The molecule has 0 spiro atoms. The molecule has 1 atom stereocenters. The van der Waals surface area contributed by atoms with E-state index in [0.29, 0.717) is 11.4 Å². The summed E-state index contributed by atoms with van der Waals surface area (Å²) < 4.78 is 10.6. The van der Waals surface area contributed by atoms with Gasteiger partial charge >= 0.3 is 5.97 Å². The molecule has 0 saturated carbocycles. The zero-order valence-corrected chi connectivity index (χ0v) is 15.0. The van der Waals surface area contributed by atoms with E-state index in [1.54, 1.807) is 13.0 Å². The van der Waals surface area contributed by atoms with Crippen molar-refractivity contribution in [2.24, 2.45) is 0 Å². The normalized spacial score (nSPS) is 11.5. The maximum atomic E-state index is 12.0. The topological polar surface area (TPSA) is 64.6 Å². The molecule has 5 nitrogen and oxygen atoms in total. The smallest absolute Gasteiger partial charge is 0.347 e. The molecule has 0 heterocycles. The molecule has 0 aliphatic rings. The molecule has 25 heavy (non-hydrogen) atoms. The van der Waals surface area contributed by atoms with Gasteiger partial charge in [-0.15, -0.1) is 0 Å². The van der Waals surface area contributed by atoms with Gasteiger partial charge in [0.1, 0.15) is 5.75 Å². The first-order chi connectivity index (χ1) is 11.8. The second-order valence-corrected chi connectivity index (χ2v) is 6.05. The van der Waals surface area contributed by atoms with Gasteiger partial charge in [0.25, 0.3) is 5.91 Å². The highest BCUT2D eigenvalue weighted by molar-refractivity contribution is 5.93. The van der Waals surface area contributed by atoms with Crippen molar-refractivity contribution in [3.8, 4) is 5.75 Å². The Bertz CT molecular complexity index is 770. The molecule has 2 rings (SSSR count). The van der Waals surface area contributed by atoms with Crippen LogP contribution in [0.5, 0.6) is 5.75 Å². The van der Waals surface area contributed by atoms with Gasteiger partial charge in [0.2, 0.25) is 0 Å². The molecule has 0 fully saturated rings. The van der Waals surface area contributed by atoms with E-state index in [1.165, 1.54) is 0 Å². The molecular weight excluding hydrogens is 318 g/mol. The third-order valence-corrected chi connectivity index (χ3v) is 3.64. The Balaban J connectivity index is 1.83. The van der Waals surface area contributed by atoms with Crippen molar-refractivity contribution in [2.45, 2.75) is 33.8 Å². The fourth-order valence-corrected chi connectivity index (χ4v) is 2.34. The lowest BCUT2D eigenvalue weighted by Gasteiger charge is -2.14. The van der Waals surface area contributed by atoms with Crippen molar-refractivity contribution >= 4 is 17.6 Å². The third kappa shape index (κ3) is 5.64. The second kappa shape index (κ2) is 8.33. The highest BCUT2D eigenvalue weighted by Crippen LogP contribution is 2.16. The number of rotatable bonds is 6. The molecule has 1 amide bonds. The van der Waals surface area contributed by atoms with E-state index in [2.05, 4.69) is 5.32 Å². The fourth-order valence-electron chi connectivity index (χ4n) is 2.34. The van der Waals surface area contributed by atoms with Crippen molar-refractivity contribution in [3.05, 3.63) is 59.2 Å². The van der Waals surface area contributed by atoms with Gasteiger partial charge in [0.15, 0.2) is 12.7 Å². The minimum Gasteiger partial charge on any atom is -0.479 e. The Kier molecular flexibility index (Phi) is 6.17. The lowest BCUT2D eigenvalue weighted by Crippen LogP contribution is -2.29. The monoisotopic (exact) mass is 341 g/mol. The molecule has 0 aliphatic carbocycles. The molecular formula is C20H23NO4. The van der Waals surface area contributed by atoms with Crippen molar-refractivity contribution in [1.29, 1.82) is 0 Å². The minimum absolute atomic E-state index is 0.354. The van der Waals surface area contributed by atoms with Gasteiger partial charge in [-0.25, -0.2) is 4.79 Å². The van der Waals surface area contributed by atoms with Gasteiger partial charge in [0, 0.05) is 5.69 Å². The van der Waals surface area contributed by atoms with Crippen LogP contribution in [0, 0.1) is 20.8 Å². The molecule has 0 aromatic heterocycles. The summed E-state index contributed by atoms with van der Waals surface area (Å²) >= 11 is 0. The number of amides is 1. The molecule has 2 aromatic rings. The number of aryl methyl sites for hydroxylation is 3. The van der Waals surface area contributed by atoms with E-state index < -0.39 is 12.1 Å². The van der Waals surface area contributed by atoms with Crippen molar-refractivity contribution in [3.63, 3.8) is 0 Å². The number of esters is 1. The summed E-state index contributed by atoms with van der Waals surface area (Å²) in [6.45, 7) is 7.07. The summed E-state index contributed by atoms with van der Waals surface area (Å²) in [4.78, 5) is 23.9. The van der Waals surface area contributed by atoms with Crippen LogP contribution in [0.1, 0.15) is 23.6 Å². The van der Waals surface area contributed by atoms with Gasteiger partial charge in [-0.05, 0) is 57.0 Å². The Labute approximate surface area is 148 Å².